The first-order valence-electron chi connectivity index (χ1n) is 8.37. The van der Waals surface area contributed by atoms with Gasteiger partial charge < -0.3 is 14.8 Å². The third kappa shape index (κ3) is 2.82. The number of piperidine rings is 3. The summed E-state index contributed by atoms with van der Waals surface area (Å²) in [6, 6.07) is 1.84. The van der Waals surface area contributed by atoms with Gasteiger partial charge in [-0.3, -0.25) is 9.69 Å². The molecule has 2 bridgehead atoms. The second-order valence-corrected chi connectivity index (χ2v) is 7.14. The Morgan fingerprint density at radius 1 is 1.25 bits per heavy atom. The zero-order valence-electron chi connectivity index (χ0n) is 14.1. The van der Waals surface area contributed by atoms with Crippen LogP contribution >= 0.6 is 12.4 Å². The van der Waals surface area contributed by atoms with Crippen LogP contribution in [0, 0.1) is 5.92 Å². The van der Waals surface area contributed by atoms with E-state index in [2.05, 4.69) is 29.0 Å². The summed E-state index contributed by atoms with van der Waals surface area (Å²) in [5.74, 6) is 1.63. The van der Waals surface area contributed by atoms with Crippen molar-refractivity contribution in [3.8, 4) is 11.5 Å². The molecule has 3 fully saturated rings. The van der Waals surface area contributed by atoms with Crippen molar-refractivity contribution in [2.45, 2.75) is 38.3 Å². The number of pyridine rings is 1. The summed E-state index contributed by atoms with van der Waals surface area (Å²) >= 11 is 0. The zero-order chi connectivity index (χ0) is 16.0. The molecule has 4 aliphatic heterocycles. The van der Waals surface area contributed by atoms with Gasteiger partial charge in [-0.05, 0) is 45.7 Å². The third-order valence-corrected chi connectivity index (χ3v) is 5.54. The van der Waals surface area contributed by atoms with Gasteiger partial charge >= 0.3 is 0 Å². The summed E-state index contributed by atoms with van der Waals surface area (Å²) in [7, 11) is 0. The number of halogens is 1. The predicted octanol–water partition coefficient (Wildman–Crippen LogP) is 1.88. The van der Waals surface area contributed by atoms with E-state index in [9.17, 15) is 4.79 Å². The van der Waals surface area contributed by atoms with Crippen LogP contribution in [-0.2, 0) is 0 Å². The molecule has 4 aliphatic rings. The lowest BCUT2D eigenvalue weighted by Gasteiger charge is -2.56. The quantitative estimate of drug-likeness (QED) is 0.879. The van der Waals surface area contributed by atoms with Crippen LogP contribution in [0.5, 0.6) is 11.5 Å². The molecule has 6 nitrogen and oxygen atoms in total. The Hall–Kier alpha value is -1.53. The Bertz CT molecular complexity index is 630. The molecule has 1 atom stereocenters. The van der Waals surface area contributed by atoms with Crippen molar-refractivity contribution in [2.75, 3.05) is 26.3 Å². The molecule has 0 saturated carbocycles. The fourth-order valence-electron chi connectivity index (χ4n) is 4.17. The Balaban J connectivity index is 0.00000169. The highest BCUT2D eigenvalue weighted by Crippen LogP contribution is 2.39. The summed E-state index contributed by atoms with van der Waals surface area (Å²) in [6.07, 6.45) is 3.89. The molecule has 0 radical (unpaired) electrons. The lowest BCUT2D eigenvalue weighted by molar-refractivity contribution is -0.0378. The van der Waals surface area contributed by atoms with E-state index in [1.165, 1.54) is 0 Å². The molecule has 0 spiro atoms. The molecule has 132 valence electrons. The molecular formula is C17H24ClN3O3. The Kier molecular flexibility index (Phi) is 4.62. The van der Waals surface area contributed by atoms with E-state index in [0.717, 1.165) is 25.9 Å². The van der Waals surface area contributed by atoms with Crippen LogP contribution in [-0.4, -0.2) is 53.7 Å². The molecule has 1 amide bonds. The standard InChI is InChI=1S/C17H23N3O3.ClH/c1-17(2)15(11-3-5-20(17)6-4-11)19-16(21)12-9-13-14(10-18-12)23-8-7-22-13;/h9-11,15H,3-8H2,1-2H3,(H,19,21);1H. The number of carbonyl (C=O) groups is 1. The van der Waals surface area contributed by atoms with Gasteiger partial charge in [-0.2, -0.15) is 0 Å². The van der Waals surface area contributed by atoms with Crippen molar-refractivity contribution >= 4 is 18.3 Å². The van der Waals surface area contributed by atoms with E-state index in [4.69, 9.17) is 9.47 Å². The summed E-state index contributed by atoms with van der Waals surface area (Å²) < 4.78 is 11.0. The van der Waals surface area contributed by atoms with Crippen molar-refractivity contribution in [3.05, 3.63) is 18.0 Å². The minimum atomic E-state index is -0.131. The predicted molar refractivity (Wildman–Crippen MR) is 92.1 cm³/mol. The maximum Gasteiger partial charge on any atom is 0.270 e. The lowest BCUT2D eigenvalue weighted by Crippen LogP contribution is -2.69. The number of aromatic nitrogens is 1. The number of nitrogens with one attached hydrogen (secondary N) is 1. The maximum atomic E-state index is 12.7. The van der Waals surface area contributed by atoms with E-state index in [1.807, 2.05) is 0 Å². The van der Waals surface area contributed by atoms with E-state index in [-0.39, 0.29) is 29.9 Å². The molecule has 0 aliphatic carbocycles. The number of hydrogen-bond acceptors (Lipinski definition) is 5. The molecule has 1 aromatic heterocycles. The minimum absolute atomic E-state index is 0. The number of ether oxygens (including phenoxy) is 2. The van der Waals surface area contributed by atoms with Crippen LogP contribution in [0.3, 0.4) is 0 Å². The summed E-state index contributed by atoms with van der Waals surface area (Å²) in [5, 5.41) is 3.22. The van der Waals surface area contributed by atoms with Gasteiger partial charge in [-0.15, -0.1) is 12.4 Å². The van der Waals surface area contributed by atoms with Gasteiger partial charge in [0, 0.05) is 17.6 Å². The molecular weight excluding hydrogens is 330 g/mol. The second-order valence-electron chi connectivity index (χ2n) is 7.14. The molecule has 1 aromatic rings. The van der Waals surface area contributed by atoms with E-state index >= 15 is 0 Å². The van der Waals surface area contributed by atoms with Crippen LogP contribution in [0.4, 0.5) is 0 Å². The Morgan fingerprint density at radius 3 is 2.58 bits per heavy atom. The van der Waals surface area contributed by atoms with Gasteiger partial charge in [0.25, 0.3) is 5.91 Å². The molecule has 5 heterocycles. The van der Waals surface area contributed by atoms with E-state index in [0.29, 0.717) is 36.3 Å². The number of carbonyl (C=O) groups excluding carboxylic acids is 1. The molecule has 24 heavy (non-hydrogen) atoms. The third-order valence-electron chi connectivity index (χ3n) is 5.54. The average molecular weight is 354 g/mol. The van der Waals surface area contributed by atoms with Crippen molar-refractivity contribution in [3.63, 3.8) is 0 Å². The fourth-order valence-corrected chi connectivity index (χ4v) is 4.17. The van der Waals surface area contributed by atoms with Crippen molar-refractivity contribution in [1.29, 1.82) is 0 Å². The summed E-state index contributed by atoms with van der Waals surface area (Å²) in [4.78, 5) is 19.4. The van der Waals surface area contributed by atoms with Crippen LogP contribution in [0.15, 0.2) is 12.3 Å². The topological polar surface area (TPSA) is 63.7 Å². The van der Waals surface area contributed by atoms with Gasteiger partial charge in [0.15, 0.2) is 11.5 Å². The first-order chi connectivity index (χ1) is 11.1. The van der Waals surface area contributed by atoms with Gasteiger partial charge in [0.05, 0.1) is 6.20 Å². The first kappa shape index (κ1) is 17.3. The number of hydrogen-bond donors (Lipinski definition) is 1. The van der Waals surface area contributed by atoms with Crippen molar-refractivity contribution < 1.29 is 14.3 Å². The highest BCUT2D eigenvalue weighted by Gasteiger charge is 2.48. The van der Waals surface area contributed by atoms with Crippen molar-refractivity contribution in [1.82, 2.24) is 15.2 Å². The molecule has 0 aromatic carbocycles. The summed E-state index contributed by atoms with van der Waals surface area (Å²) in [5.41, 5.74) is 0.381. The van der Waals surface area contributed by atoms with E-state index < -0.39 is 0 Å². The molecule has 1 N–H and O–H groups in total. The Labute approximate surface area is 148 Å². The number of fused-ring (bicyclic) bond motifs is 4. The normalized spacial score (nSPS) is 29.5. The van der Waals surface area contributed by atoms with Gasteiger partial charge in [0.2, 0.25) is 0 Å². The first-order valence-corrected chi connectivity index (χ1v) is 8.37. The monoisotopic (exact) mass is 353 g/mol. The Morgan fingerprint density at radius 2 is 1.92 bits per heavy atom. The van der Waals surface area contributed by atoms with Crippen LogP contribution < -0.4 is 14.8 Å². The van der Waals surface area contributed by atoms with Crippen LogP contribution in [0.1, 0.15) is 37.2 Å². The van der Waals surface area contributed by atoms with E-state index in [1.54, 1.807) is 12.3 Å². The second kappa shape index (κ2) is 6.41. The van der Waals surface area contributed by atoms with Gasteiger partial charge in [-0.25, -0.2) is 4.98 Å². The van der Waals surface area contributed by atoms with Gasteiger partial charge in [0.1, 0.15) is 18.9 Å². The van der Waals surface area contributed by atoms with Crippen LogP contribution in [0.25, 0.3) is 0 Å². The smallest absolute Gasteiger partial charge is 0.270 e. The lowest BCUT2D eigenvalue weighted by atomic mass is 9.72. The average Bonchev–Trinajstić information content (AvgIpc) is 2.58. The largest absolute Gasteiger partial charge is 0.486 e. The number of nitrogens with zero attached hydrogens (tertiary/aromatic N) is 2. The number of amides is 1. The molecule has 5 rings (SSSR count). The highest BCUT2D eigenvalue weighted by atomic mass is 35.5. The summed E-state index contributed by atoms with van der Waals surface area (Å²) in [6.45, 7) is 7.73. The van der Waals surface area contributed by atoms with Gasteiger partial charge in [-0.1, -0.05) is 0 Å². The molecule has 3 saturated heterocycles. The maximum absolute atomic E-state index is 12.7. The highest BCUT2D eigenvalue weighted by molar-refractivity contribution is 5.93. The fraction of sp³-hybridized carbons (Fsp3) is 0.647. The molecule has 1 unspecified atom stereocenters. The molecule has 7 heteroatoms. The minimum Gasteiger partial charge on any atom is -0.486 e. The van der Waals surface area contributed by atoms with Crippen LogP contribution in [0.2, 0.25) is 0 Å². The SMILES string of the molecule is CC1(C)C(NC(=O)c2cc3c(cn2)OCCO3)C2CCN1CC2.Cl. The zero-order valence-corrected chi connectivity index (χ0v) is 14.9. The van der Waals surface area contributed by atoms with Crippen molar-refractivity contribution in [2.24, 2.45) is 5.92 Å². The number of rotatable bonds is 2.